The average molecular weight is 288 g/mol. The predicted octanol–water partition coefficient (Wildman–Crippen LogP) is 2.78. The van der Waals surface area contributed by atoms with E-state index < -0.39 is 0 Å². The van der Waals surface area contributed by atoms with E-state index in [1.54, 1.807) is 6.07 Å². The van der Waals surface area contributed by atoms with Crippen molar-refractivity contribution in [1.82, 2.24) is 0 Å². The lowest BCUT2D eigenvalue weighted by Crippen LogP contribution is -2.28. The van der Waals surface area contributed by atoms with Gasteiger partial charge in [0, 0.05) is 11.8 Å². The Labute approximate surface area is 124 Å². The van der Waals surface area contributed by atoms with Gasteiger partial charge in [-0.05, 0) is 30.5 Å². The summed E-state index contributed by atoms with van der Waals surface area (Å²) >= 11 is 0. The number of ether oxygens (including phenoxy) is 2. The third kappa shape index (κ3) is 2.80. The van der Waals surface area contributed by atoms with Gasteiger partial charge in [0.05, 0.1) is 25.7 Å². The molecule has 1 aromatic rings. The molecule has 0 radical (unpaired) electrons. The smallest absolute Gasteiger partial charge is 0.309 e. The van der Waals surface area contributed by atoms with Crippen molar-refractivity contribution in [2.24, 2.45) is 11.8 Å². The zero-order valence-corrected chi connectivity index (χ0v) is 12.3. The molecule has 3 rings (SSSR count). The highest BCUT2D eigenvalue weighted by atomic mass is 16.5. The van der Waals surface area contributed by atoms with Gasteiger partial charge in [0.2, 0.25) is 0 Å². The number of methoxy groups -OCH3 is 1. The van der Waals surface area contributed by atoms with Crippen molar-refractivity contribution in [3.8, 4) is 5.75 Å². The van der Waals surface area contributed by atoms with Crippen LogP contribution in [-0.4, -0.2) is 25.5 Å². The lowest BCUT2D eigenvalue weighted by molar-refractivity contribution is -0.139. The summed E-state index contributed by atoms with van der Waals surface area (Å²) in [6, 6.07) is 5.43. The van der Waals surface area contributed by atoms with Crippen LogP contribution in [0.5, 0.6) is 5.75 Å². The van der Waals surface area contributed by atoms with Crippen molar-refractivity contribution < 1.29 is 19.1 Å². The quantitative estimate of drug-likeness (QED) is 0.785. The Kier molecular flexibility index (Phi) is 3.95. The summed E-state index contributed by atoms with van der Waals surface area (Å²) in [6.07, 6.45) is 4.55. The first-order valence-corrected chi connectivity index (χ1v) is 7.56. The lowest BCUT2D eigenvalue weighted by Gasteiger charge is -2.27. The molecule has 1 saturated carbocycles. The highest BCUT2D eigenvalue weighted by Gasteiger charge is 2.35. The summed E-state index contributed by atoms with van der Waals surface area (Å²) in [5, 5.41) is 0. The van der Waals surface area contributed by atoms with Crippen LogP contribution < -0.4 is 4.74 Å². The fourth-order valence-electron chi connectivity index (χ4n) is 3.39. The van der Waals surface area contributed by atoms with E-state index in [2.05, 4.69) is 4.74 Å². The second-order valence-electron chi connectivity index (χ2n) is 5.91. The molecule has 0 saturated heterocycles. The molecule has 0 bridgehead atoms. The largest absolute Gasteiger partial charge is 0.493 e. The molecule has 0 amide bonds. The zero-order chi connectivity index (χ0) is 14.8. The van der Waals surface area contributed by atoms with E-state index in [0.29, 0.717) is 23.8 Å². The van der Waals surface area contributed by atoms with Gasteiger partial charge in [0.25, 0.3) is 0 Å². The SMILES string of the molecule is COC(=O)Cc1ccc2c(c1)OCC1CCCCC1C2=O. The summed E-state index contributed by atoms with van der Waals surface area (Å²) in [5.74, 6) is 0.977. The van der Waals surface area contributed by atoms with Gasteiger partial charge in [-0.2, -0.15) is 0 Å². The second-order valence-corrected chi connectivity index (χ2v) is 5.91. The van der Waals surface area contributed by atoms with Gasteiger partial charge >= 0.3 is 5.97 Å². The highest BCUT2D eigenvalue weighted by molar-refractivity contribution is 6.01. The third-order valence-electron chi connectivity index (χ3n) is 4.59. The number of carbonyl (C=O) groups is 2. The van der Waals surface area contributed by atoms with Crippen molar-refractivity contribution >= 4 is 11.8 Å². The zero-order valence-electron chi connectivity index (χ0n) is 12.3. The molecule has 0 aromatic heterocycles. The van der Waals surface area contributed by atoms with Crippen LogP contribution in [-0.2, 0) is 16.0 Å². The molecule has 0 spiro atoms. The van der Waals surface area contributed by atoms with Crippen LogP contribution in [0.25, 0.3) is 0 Å². The number of ketones is 1. The van der Waals surface area contributed by atoms with E-state index in [0.717, 1.165) is 24.8 Å². The van der Waals surface area contributed by atoms with Crippen LogP contribution >= 0.6 is 0 Å². The van der Waals surface area contributed by atoms with Crippen LogP contribution in [0.2, 0.25) is 0 Å². The van der Waals surface area contributed by atoms with Gasteiger partial charge in [-0.3, -0.25) is 9.59 Å². The van der Waals surface area contributed by atoms with Crippen molar-refractivity contribution in [1.29, 1.82) is 0 Å². The van der Waals surface area contributed by atoms with Gasteiger partial charge < -0.3 is 9.47 Å². The standard InChI is InChI=1S/C17H20O4/c1-20-16(18)9-11-6-7-14-15(8-11)21-10-12-4-2-3-5-13(12)17(14)19/h6-8,12-13H,2-5,9-10H2,1H3. The van der Waals surface area contributed by atoms with Gasteiger partial charge in [-0.1, -0.05) is 18.9 Å². The lowest BCUT2D eigenvalue weighted by atomic mass is 9.76. The Morgan fingerprint density at radius 1 is 1.33 bits per heavy atom. The molecule has 4 nitrogen and oxygen atoms in total. The van der Waals surface area contributed by atoms with Crippen LogP contribution in [0.4, 0.5) is 0 Å². The minimum absolute atomic E-state index is 0.103. The normalized spacial score (nSPS) is 24.3. The molecule has 2 atom stereocenters. The van der Waals surface area contributed by atoms with E-state index in [-0.39, 0.29) is 24.1 Å². The number of hydrogen-bond acceptors (Lipinski definition) is 4. The third-order valence-corrected chi connectivity index (χ3v) is 4.59. The molecule has 4 heteroatoms. The first-order chi connectivity index (χ1) is 10.2. The summed E-state index contributed by atoms with van der Waals surface area (Å²) < 4.78 is 10.5. The second kappa shape index (κ2) is 5.88. The Balaban J connectivity index is 1.88. The van der Waals surface area contributed by atoms with Crippen molar-refractivity contribution in [2.45, 2.75) is 32.1 Å². The summed E-state index contributed by atoms with van der Waals surface area (Å²) in [5.41, 5.74) is 1.48. The number of rotatable bonds is 2. The molecular formula is C17H20O4. The van der Waals surface area contributed by atoms with Crippen molar-refractivity contribution in [3.05, 3.63) is 29.3 Å². The monoisotopic (exact) mass is 288 g/mol. The molecule has 0 N–H and O–H groups in total. The van der Waals surface area contributed by atoms with E-state index >= 15 is 0 Å². The maximum absolute atomic E-state index is 12.7. The molecule has 1 aliphatic carbocycles. The summed E-state index contributed by atoms with van der Waals surface area (Å²) in [4.78, 5) is 24.0. The molecule has 2 aliphatic rings. The number of benzene rings is 1. The van der Waals surface area contributed by atoms with E-state index in [1.165, 1.54) is 13.5 Å². The topological polar surface area (TPSA) is 52.6 Å². The molecular weight excluding hydrogens is 268 g/mol. The van der Waals surface area contributed by atoms with E-state index in [1.807, 2.05) is 12.1 Å². The van der Waals surface area contributed by atoms with E-state index in [4.69, 9.17) is 4.74 Å². The highest BCUT2D eigenvalue weighted by Crippen LogP contribution is 2.38. The number of Topliss-reactive ketones (excluding diaryl/α,β-unsaturated/α-hetero) is 1. The molecule has 2 unspecified atom stereocenters. The van der Waals surface area contributed by atoms with Crippen LogP contribution in [0.3, 0.4) is 0 Å². The molecule has 21 heavy (non-hydrogen) atoms. The minimum atomic E-state index is -0.288. The van der Waals surface area contributed by atoms with Crippen molar-refractivity contribution in [3.63, 3.8) is 0 Å². The Morgan fingerprint density at radius 2 is 2.14 bits per heavy atom. The molecule has 112 valence electrons. The maximum Gasteiger partial charge on any atom is 0.309 e. The van der Waals surface area contributed by atoms with Gasteiger partial charge in [0.1, 0.15) is 5.75 Å². The molecule has 1 fully saturated rings. The van der Waals surface area contributed by atoms with Gasteiger partial charge in [-0.15, -0.1) is 0 Å². The number of carbonyl (C=O) groups excluding carboxylic acids is 2. The Morgan fingerprint density at radius 3 is 2.95 bits per heavy atom. The van der Waals surface area contributed by atoms with Crippen molar-refractivity contribution in [2.75, 3.05) is 13.7 Å². The predicted molar refractivity (Wildman–Crippen MR) is 77.4 cm³/mol. The Bertz CT molecular complexity index is 564. The Hall–Kier alpha value is -1.84. The fraction of sp³-hybridized carbons (Fsp3) is 0.529. The van der Waals surface area contributed by atoms with Crippen LogP contribution in [0, 0.1) is 11.8 Å². The minimum Gasteiger partial charge on any atom is -0.493 e. The van der Waals surface area contributed by atoms with E-state index in [9.17, 15) is 9.59 Å². The van der Waals surface area contributed by atoms with Gasteiger partial charge in [0.15, 0.2) is 5.78 Å². The number of fused-ring (bicyclic) bond motifs is 2. The first-order valence-electron chi connectivity index (χ1n) is 7.56. The number of hydrogen-bond donors (Lipinski definition) is 0. The summed E-state index contributed by atoms with van der Waals surface area (Å²) in [7, 11) is 1.37. The summed E-state index contributed by atoms with van der Waals surface area (Å²) in [6.45, 7) is 0.602. The fourth-order valence-corrected chi connectivity index (χ4v) is 3.39. The molecule has 1 heterocycles. The molecule has 1 aromatic carbocycles. The first kappa shape index (κ1) is 14.1. The number of esters is 1. The van der Waals surface area contributed by atoms with Gasteiger partial charge in [-0.25, -0.2) is 0 Å². The van der Waals surface area contributed by atoms with Crippen LogP contribution in [0.15, 0.2) is 18.2 Å². The molecule has 1 aliphatic heterocycles. The maximum atomic E-state index is 12.7. The average Bonchev–Trinajstić information content (AvgIpc) is 2.65. The van der Waals surface area contributed by atoms with Crippen LogP contribution in [0.1, 0.15) is 41.6 Å².